The average molecular weight is 308 g/mol. The zero-order chi connectivity index (χ0) is 15.1. The second-order valence-electron chi connectivity index (χ2n) is 6.30. The van der Waals surface area contributed by atoms with Crippen LogP contribution in [-0.2, 0) is 6.42 Å². The van der Waals surface area contributed by atoms with Gasteiger partial charge in [0.25, 0.3) is 0 Å². The molecule has 1 aliphatic rings. The first-order valence-corrected chi connectivity index (χ1v) is 9.15. The zero-order valence-corrected chi connectivity index (χ0v) is 14.1. The summed E-state index contributed by atoms with van der Waals surface area (Å²) in [5, 5.41) is 7.38. The van der Waals surface area contributed by atoms with E-state index in [1.54, 1.807) is 11.3 Å². The quantitative estimate of drug-likeness (QED) is 0.876. The lowest BCUT2D eigenvalue weighted by atomic mass is 9.96. The fourth-order valence-corrected chi connectivity index (χ4v) is 3.80. The lowest BCUT2D eigenvalue weighted by Crippen LogP contribution is -2.47. The molecule has 1 aromatic heterocycles. The van der Waals surface area contributed by atoms with E-state index in [0.29, 0.717) is 6.04 Å². The Hall–Kier alpha value is -1.03. The van der Waals surface area contributed by atoms with Crippen LogP contribution < -0.4 is 5.32 Å². The molecule has 0 aliphatic heterocycles. The van der Waals surface area contributed by atoms with Gasteiger partial charge in [-0.2, -0.15) is 11.3 Å². The minimum absolute atomic E-state index is 0.0864. The standard InChI is InChI=1S/C17H28N2OS/c1-14(12-15-10-11-21-13-15)18-17(20)19(2)16-8-6-4-3-5-7-9-16/h10-11,13-14,16H,3-9,12H2,1-2H3,(H,18,20). The van der Waals surface area contributed by atoms with Crippen molar-refractivity contribution in [2.45, 2.75) is 70.4 Å². The number of nitrogens with one attached hydrogen (secondary N) is 1. The maximum absolute atomic E-state index is 12.4. The Bertz CT molecular complexity index is 410. The summed E-state index contributed by atoms with van der Waals surface area (Å²) in [5.74, 6) is 0. The van der Waals surface area contributed by atoms with Crippen LogP contribution in [-0.4, -0.2) is 30.1 Å². The van der Waals surface area contributed by atoms with E-state index in [4.69, 9.17) is 0 Å². The minimum Gasteiger partial charge on any atom is -0.335 e. The number of rotatable bonds is 4. The minimum atomic E-state index is 0.0864. The fourth-order valence-electron chi connectivity index (χ4n) is 3.11. The van der Waals surface area contributed by atoms with Crippen molar-refractivity contribution in [3.63, 3.8) is 0 Å². The molecule has 0 radical (unpaired) electrons. The molecule has 1 fully saturated rings. The van der Waals surface area contributed by atoms with Gasteiger partial charge in [0.1, 0.15) is 0 Å². The van der Waals surface area contributed by atoms with Crippen molar-refractivity contribution >= 4 is 17.4 Å². The third-order valence-electron chi connectivity index (χ3n) is 4.43. The van der Waals surface area contributed by atoms with Gasteiger partial charge in [-0.3, -0.25) is 0 Å². The molecule has 1 N–H and O–H groups in total. The molecule has 0 spiro atoms. The van der Waals surface area contributed by atoms with Crippen molar-refractivity contribution in [1.29, 1.82) is 0 Å². The topological polar surface area (TPSA) is 32.3 Å². The van der Waals surface area contributed by atoms with Gasteiger partial charge >= 0.3 is 6.03 Å². The predicted molar refractivity (Wildman–Crippen MR) is 89.9 cm³/mol. The fraction of sp³-hybridized carbons (Fsp3) is 0.706. The molecule has 2 rings (SSSR count). The molecular weight excluding hydrogens is 280 g/mol. The van der Waals surface area contributed by atoms with Gasteiger partial charge in [-0.1, -0.05) is 32.1 Å². The number of hydrogen-bond donors (Lipinski definition) is 1. The Kier molecular flexibility index (Phi) is 6.55. The highest BCUT2D eigenvalue weighted by atomic mass is 32.1. The number of carbonyl (C=O) groups is 1. The Morgan fingerprint density at radius 1 is 1.33 bits per heavy atom. The highest BCUT2D eigenvalue weighted by molar-refractivity contribution is 7.07. The summed E-state index contributed by atoms with van der Waals surface area (Å²) < 4.78 is 0. The summed E-state index contributed by atoms with van der Waals surface area (Å²) in [4.78, 5) is 14.3. The Labute approximate surface area is 132 Å². The van der Waals surface area contributed by atoms with Crippen LogP contribution in [0.3, 0.4) is 0 Å². The predicted octanol–water partition coefficient (Wildman–Crippen LogP) is 4.43. The van der Waals surface area contributed by atoms with E-state index < -0.39 is 0 Å². The molecule has 0 saturated heterocycles. The first-order chi connectivity index (χ1) is 10.2. The SMILES string of the molecule is CC(Cc1ccsc1)NC(=O)N(C)C1CCCCCCC1. The molecule has 21 heavy (non-hydrogen) atoms. The normalized spacial score (nSPS) is 18.6. The monoisotopic (exact) mass is 308 g/mol. The van der Waals surface area contributed by atoms with Crippen LogP contribution >= 0.6 is 11.3 Å². The molecule has 1 aliphatic carbocycles. The second kappa shape index (κ2) is 8.42. The molecule has 118 valence electrons. The summed E-state index contributed by atoms with van der Waals surface area (Å²) in [6.07, 6.45) is 9.74. The van der Waals surface area contributed by atoms with Crippen LogP contribution in [0.2, 0.25) is 0 Å². The van der Waals surface area contributed by atoms with Crippen LogP contribution in [0.4, 0.5) is 4.79 Å². The van der Waals surface area contributed by atoms with E-state index in [0.717, 1.165) is 19.3 Å². The smallest absolute Gasteiger partial charge is 0.317 e. The van der Waals surface area contributed by atoms with Gasteiger partial charge in [-0.05, 0) is 48.6 Å². The maximum Gasteiger partial charge on any atom is 0.317 e. The van der Waals surface area contributed by atoms with Crippen molar-refractivity contribution in [3.05, 3.63) is 22.4 Å². The second-order valence-corrected chi connectivity index (χ2v) is 7.08. The summed E-state index contributed by atoms with van der Waals surface area (Å²) in [5.41, 5.74) is 1.31. The largest absolute Gasteiger partial charge is 0.335 e. The third-order valence-corrected chi connectivity index (χ3v) is 5.17. The number of thiophene rings is 1. The van der Waals surface area contributed by atoms with Gasteiger partial charge in [0.05, 0.1) is 0 Å². The summed E-state index contributed by atoms with van der Waals surface area (Å²) in [6, 6.07) is 2.82. The molecular formula is C17H28N2OS. The van der Waals surface area contributed by atoms with Crippen LogP contribution in [0.15, 0.2) is 16.8 Å². The Balaban J connectivity index is 1.80. The first-order valence-electron chi connectivity index (χ1n) is 8.21. The zero-order valence-electron chi connectivity index (χ0n) is 13.3. The van der Waals surface area contributed by atoms with E-state index >= 15 is 0 Å². The summed E-state index contributed by atoms with van der Waals surface area (Å²) >= 11 is 1.71. The van der Waals surface area contributed by atoms with Gasteiger partial charge in [0.2, 0.25) is 0 Å². The molecule has 0 bridgehead atoms. The number of hydrogen-bond acceptors (Lipinski definition) is 2. The van der Waals surface area contributed by atoms with E-state index in [1.165, 1.54) is 37.7 Å². The molecule has 3 nitrogen and oxygen atoms in total. The maximum atomic E-state index is 12.4. The van der Waals surface area contributed by atoms with Crippen molar-refractivity contribution < 1.29 is 4.79 Å². The molecule has 0 aromatic carbocycles. The van der Waals surface area contributed by atoms with Crippen LogP contribution in [0.5, 0.6) is 0 Å². The summed E-state index contributed by atoms with van der Waals surface area (Å²) in [7, 11) is 1.96. The lowest BCUT2D eigenvalue weighted by Gasteiger charge is -2.31. The van der Waals surface area contributed by atoms with E-state index in [2.05, 4.69) is 29.1 Å². The van der Waals surface area contributed by atoms with Gasteiger partial charge in [0, 0.05) is 19.1 Å². The van der Waals surface area contributed by atoms with Gasteiger partial charge in [-0.25, -0.2) is 4.79 Å². The average Bonchev–Trinajstić information content (AvgIpc) is 2.90. The van der Waals surface area contributed by atoms with Crippen molar-refractivity contribution in [1.82, 2.24) is 10.2 Å². The number of carbonyl (C=O) groups excluding carboxylic acids is 1. The number of nitrogens with zero attached hydrogens (tertiary/aromatic N) is 1. The third kappa shape index (κ3) is 5.34. The molecule has 1 aromatic rings. The van der Waals surface area contributed by atoms with Crippen molar-refractivity contribution in [3.8, 4) is 0 Å². The van der Waals surface area contributed by atoms with Crippen LogP contribution in [0, 0.1) is 0 Å². The molecule has 1 heterocycles. The molecule has 2 amide bonds. The van der Waals surface area contributed by atoms with Gasteiger partial charge in [0.15, 0.2) is 0 Å². The van der Waals surface area contributed by atoms with E-state index in [9.17, 15) is 4.79 Å². The lowest BCUT2D eigenvalue weighted by molar-refractivity contribution is 0.175. The van der Waals surface area contributed by atoms with Crippen LogP contribution in [0.1, 0.15) is 57.4 Å². The van der Waals surface area contributed by atoms with Gasteiger partial charge in [-0.15, -0.1) is 0 Å². The Morgan fingerprint density at radius 3 is 2.62 bits per heavy atom. The summed E-state index contributed by atoms with van der Waals surface area (Å²) in [6.45, 7) is 2.08. The Morgan fingerprint density at radius 2 is 2.00 bits per heavy atom. The highest BCUT2D eigenvalue weighted by Crippen LogP contribution is 2.20. The molecule has 4 heteroatoms. The molecule has 1 atom stereocenters. The van der Waals surface area contributed by atoms with Crippen molar-refractivity contribution in [2.75, 3.05) is 7.05 Å². The molecule has 1 unspecified atom stereocenters. The van der Waals surface area contributed by atoms with E-state index in [1.807, 2.05) is 11.9 Å². The number of amides is 2. The molecule has 1 saturated carbocycles. The van der Waals surface area contributed by atoms with Crippen LogP contribution in [0.25, 0.3) is 0 Å². The van der Waals surface area contributed by atoms with E-state index in [-0.39, 0.29) is 12.1 Å². The van der Waals surface area contributed by atoms with Gasteiger partial charge < -0.3 is 10.2 Å². The first kappa shape index (κ1) is 16.3. The highest BCUT2D eigenvalue weighted by Gasteiger charge is 2.21. The number of urea groups is 1. The van der Waals surface area contributed by atoms with Crippen molar-refractivity contribution in [2.24, 2.45) is 0 Å².